The van der Waals surface area contributed by atoms with Gasteiger partial charge in [-0.2, -0.15) is 0 Å². The second-order valence-electron chi connectivity index (χ2n) is 4.19. The third-order valence-electron chi connectivity index (χ3n) is 3.00. The molecule has 3 nitrogen and oxygen atoms in total. The van der Waals surface area contributed by atoms with Crippen molar-refractivity contribution >= 4 is 38.2 Å². The summed E-state index contributed by atoms with van der Waals surface area (Å²) in [5.41, 5.74) is 2.02. The Labute approximate surface area is 121 Å². The lowest BCUT2D eigenvalue weighted by Crippen LogP contribution is -2.02. The monoisotopic (exact) mass is 335 g/mol. The van der Waals surface area contributed by atoms with Crippen molar-refractivity contribution in [2.75, 3.05) is 11.2 Å². The molecule has 1 aliphatic heterocycles. The van der Waals surface area contributed by atoms with Crippen LogP contribution < -0.4 is 5.32 Å². The number of hydrogen-bond acceptors (Lipinski definition) is 3. The Morgan fingerprint density at radius 2 is 2.00 bits per heavy atom. The molecule has 2 aromatic rings. The van der Waals surface area contributed by atoms with E-state index < -0.39 is 10.8 Å². The Hall–Kier alpha value is -1.46. The quantitative estimate of drug-likeness (QED) is 0.857. The smallest absolute Gasteiger partial charge is 0.194 e. The van der Waals surface area contributed by atoms with Gasteiger partial charge in [-0.1, -0.05) is 28.1 Å². The highest BCUT2D eigenvalue weighted by molar-refractivity contribution is 9.10. The van der Waals surface area contributed by atoms with E-state index in [1.165, 1.54) is 0 Å². The number of rotatable bonds is 2. The van der Waals surface area contributed by atoms with Crippen molar-refractivity contribution in [3.05, 3.63) is 58.1 Å². The van der Waals surface area contributed by atoms with Gasteiger partial charge in [-0.15, -0.1) is 0 Å². The fourth-order valence-corrected chi connectivity index (χ4v) is 3.57. The highest BCUT2D eigenvalue weighted by atomic mass is 79.9. The van der Waals surface area contributed by atoms with E-state index >= 15 is 0 Å². The molecule has 0 fully saturated rings. The first kappa shape index (κ1) is 12.6. The second kappa shape index (κ2) is 4.90. The van der Waals surface area contributed by atoms with Gasteiger partial charge in [0, 0.05) is 15.6 Å². The summed E-state index contributed by atoms with van der Waals surface area (Å²) in [5, 5.41) is 3.05. The van der Waals surface area contributed by atoms with Gasteiger partial charge in [0.1, 0.15) is 0 Å². The minimum atomic E-state index is -1.06. The molecule has 3 rings (SSSR count). The van der Waals surface area contributed by atoms with Gasteiger partial charge < -0.3 is 5.32 Å². The van der Waals surface area contributed by atoms with Crippen LogP contribution in [0, 0.1) is 0 Å². The SMILES string of the molecule is O=C(c1ccc2c(c1)S(=O)CN2)c1ccccc1Br. The lowest BCUT2D eigenvalue weighted by molar-refractivity contribution is 0.103. The minimum absolute atomic E-state index is 0.0702. The minimum Gasteiger partial charge on any atom is -0.372 e. The molecule has 19 heavy (non-hydrogen) atoms. The largest absolute Gasteiger partial charge is 0.372 e. The number of fused-ring (bicyclic) bond motifs is 1. The highest BCUT2D eigenvalue weighted by Crippen LogP contribution is 2.28. The molecule has 0 bridgehead atoms. The van der Waals surface area contributed by atoms with E-state index in [0.29, 0.717) is 21.9 Å². The number of nitrogens with one attached hydrogen (secondary N) is 1. The number of benzene rings is 2. The van der Waals surface area contributed by atoms with Crippen molar-refractivity contribution in [3.63, 3.8) is 0 Å². The van der Waals surface area contributed by atoms with Crippen LogP contribution in [0.3, 0.4) is 0 Å². The standard InChI is InChI=1S/C14H10BrNO2S/c15-11-4-2-1-3-10(11)14(17)9-5-6-12-13(7-9)19(18)8-16-12/h1-7,16H,8H2. The molecule has 0 radical (unpaired) electrons. The van der Waals surface area contributed by atoms with Gasteiger partial charge in [0.15, 0.2) is 5.78 Å². The summed E-state index contributed by atoms with van der Waals surface area (Å²) in [6.45, 7) is 0. The number of anilines is 1. The summed E-state index contributed by atoms with van der Waals surface area (Å²) in [7, 11) is -1.06. The Morgan fingerprint density at radius 3 is 2.79 bits per heavy atom. The molecule has 0 saturated heterocycles. The number of carbonyl (C=O) groups excluding carboxylic acids is 1. The molecule has 0 amide bonds. The molecule has 1 unspecified atom stereocenters. The normalized spacial score (nSPS) is 16.8. The van der Waals surface area contributed by atoms with E-state index in [0.717, 1.165) is 10.2 Å². The maximum absolute atomic E-state index is 12.4. The fraction of sp³-hybridized carbons (Fsp3) is 0.0714. The van der Waals surface area contributed by atoms with Gasteiger partial charge in [0.2, 0.25) is 0 Å². The van der Waals surface area contributed by atoms with Crippen molar-refractivity contribution in [1.82, 2.24) is 0 Å². The topological polar surface area (TPSA) is 46.2 Å². The van der Waals surface area contributed by atoms with Crippen LogP contribution in [0.4, 0.5) is 5.69 Å². The Morgan fingerprint density at radius 1 is 1.21 bits per heavy atom. The summed E-state index contributed by atoms with van der Waals surface area (Å²) in [5.74, 6) is 0.348. The van der Waals surface area contributed by atoms with Gasteiger partial charge in [-0.3, -0.25) is 9.00 Å². The van der Waals surface area contributed by atoms with Crippen LogP contribution in [0.1, 0.15) is 15.9 Å². The molecule has 1 atom stereocenters. The van der Waals surface area contributed by atoms with Crippen LogP contribution >= 0.6 is 15.9 Å². The van der Waals surface area contributed by atoms with Crippen molar-refractivity contribution in [3.8, 4) is 0 Å². The van der Waals surface area contributed by atoms with E-state index in [1.54, 1.807) is 18.2 Å². The molecule has 0 saturated carbocycles. The second-order valence-corrected chi connectivity index (χ2v) is 6.46. The van der Waals surface area contributed by atoms with Gasteiger partial charge in [-0.05, 0) is 30.3 Å². The average Bonchev–Trinajstić information content (AvgIpc) is 2.80. The van der Waals surface area contributed by atoms with Gasteiger partial charge >= 0.3 is 0 Å². The molecule has 0 aromatic heterocycles. The highest BCUT2D eigenvalue weighted by Gasteiger charge is 2.20. The molecule has 5 heteroatoms. The van der Waals surface area contributed by atoms with E-state index in [1.807, 2.05) is 24.3 Å². The zero-order valence-electron chi connectivity index (χ0n) is 9.85. The zero-order valence-corrected chi connectivity index (χ0v) is 12.3. The number of carbonyl (C=O) groups is 1. The van der Waals surface area contributed by atoms with Gasteiger partial charge in [0.25, 0.3) is 0 Å². The Bertz CT molecular complexity index is 700. The molecule has 1 heterocycles. The van der Waals surface area contributed by atoms with Crippen molar-refractivity contribution in [1.29, 1.82) is 0 Å². The van der Waals surface area contributed by atoms with E-state index in [9.17, 15) is 9.00 Å². The maximum Gasteiger partial charge on any atom is 0.194 e. The zero-order chi connectivity index (χ0) is 13.4. The Kier molecular flexibility index (Phi) is 3.24. The fourth-order valence-electron chi connectivity index (χ4n) is 2.02. The van der Waals surface area contributed by atoms with Crippen molar-refractivity contribution in [2.24, 2.45) is 0 Å². The predicted octanol–water partition coefficient (Wildman–Crippen LogP) is 3.17. The third-order valence-corrected chi connectivity index (χ3v) is 4.93. The third kappa shape index (κ3) is 2.24. The lowest BCUT2D eigenvalue weighted by Gasteiger charge is -2.05. The van der Waals surface area contributed by atoms with Gasteiger partial charge in [0.05, 0.1) is 27.3 Å². The first-order valence-electron chi connectivity index (χ1n) is 5.72. The number of hydrogen-bond donors (Lipinski definition) is 1. The summed E-state index contributed by atoms with van der Waals surface area (Å²) in [6.07, 6.45) is 0. The van der Waals surface area contributed by atoms with E-state index in [2.05, 4.69) is 21.2 Å². The van der Waals surface area contributed by atoms with Crippen molar-refractivity contribution in [2.45, 2.75) is 4.90 Å². The summed E-state index contributed by atoms with van der Waals surface area (Å²) in [4.78, 5) is 13.1. The average molecular weight is 336 g/mol. The van der Waals surface area contributed by atoms with Crippen LogP contribution in [0.25, 0.3) is 0 Å². The van der Waals surface area contributed by atoms with Crippen LogP contribution in [0.5, 0.6) is 0 Å². The lowest BCUT2D eigenvalue weighted by atomic mass is 10.0. The Balaban J connectivity index is 2.04. The number of halogens is 1. The molecule has 0 spiro atoms. The van der Waals surface area contributed by atoms with E-state index in [-0.39, 0.29) is 5.78 Å². The summed E-state index contributed by atoms with van der Waals surface area (Å²) < 4.78 is 12.5. The first-order chi connectivity index (χ1) is 9.16. The van der Waals surface area contributed by atoms with Crippen LogP contribution in [0.2, 0.25) is 0 Å². The molecular weight excluding hydrogens is 326 g/mol. The summed E-state index contributed by atoms with van der Waals surface area (Å²) >= 11 is 3.38. The predicted molar refractivity (Wildman–Crippen MR) is 78.9 cm³/mol. The van der Waals surface area contributed by atoms with Crippen LogP contribution in [-0.2, 0) is 10.8 Å². The van der Waals surface area contributed by atoms with Crippen LogP contribution in [-0.4, -0.2) is 15.9 Å². The molecule has 0 aliphatic carbocycles. The van der Waals surface area contributed by atoms with E-state index in [4.69, 9.17) is 0 Å². The molecule has 1 aliphatic rings. The molecule has 2 aromatic carbocycles. The molecule has 1 N–H and O–H groups in total. The molecule has 96 valence electrons. The number of ketones is 1. The van der Waals surface area contributed by atoms with Gasteiger partial charge in [-0.25, -0.2) is 0 Å². The van der Waals surface area contributed by atoms with Crippen molar-refractivity contribution < 1.29 is 9.00 Å². The first-order valence-corrected chi connectivity index (χ1v) is 7.83. The van der Waals surface area contributed by atoms with Crippen LogP contribution in [0.15, 0.2) is 51.8 Å². The molecular formula is C14H10BrNO2S. The summed E-state index contributed by atoms with van der Waals surface area (Å²) in [6, 6.07) is 12.6. The maximum atomic E-state index is 12.4.